The fourth-order valence-corrected chi connectivity index (χ4v) is 2.21. The summed E-state index contributed by atoms with van der Waals surface area (Å²) in [6, 6.07) is 6.06. The highest BCUT2D eigenvalue weighted by Crippen LogP contribution is 2.27. The summed E-state index contributed by atoms with van der Waals surface area (Å²) in [6.45, 7) is 2.93. The van der Waals surface area contributed by atoms with Crippen molar-refractivity contribution in [2.24, 2.45) is 0 Å². The molecule has 17 heavy (non-hydrogen) atoms. The quantitative estimate of drug-likeness (QED) is 0.867. The Hall–Kier alpha value is -0.770. The Kier molecular flexibility index (Phi) is 4.26. The van der Waals surface area contributed by atoms with E-state index < -0.39 is 0 Å². The second-order valence-electron chi connectivity index (χ2n) is 4.58. The molecule has 94 valence electrons. The van der Waals surface area contributed by atoms with Crippen molar-refractivity contribution in [3.8, 4) is 5.75 Å². The van der Waals surface area contributed by atoms with Crippen molar-refractivity contribution in [3.05, 3.63) is 28.8 Å². The van der Waals surface area contributed by atoms with Gasteiger partial charge in [0, 0.05) is 13.1 Å². The number of likely N-dealkylation sites (tertiary alicyclic amines) is 1. The maximum absolute atomic E-state index is 6.21. The molecule has 1 aromatic rings. The number of halogens is 1. The van der Waals surface area contributed by atoms with Crippen LogP contribution in [0, 0.1) is 0 Å². The Morgan fingerprint density at radius 1 is 1.47 bits per heavy atom. The van der Waals surface area contributed by atoms with E-state index in [1.54, 1.807) is 0 Å². The normalized spacial score (nSPS) is 16.9. The van der Waals surface area contributed by atoms with Crippen molar-refractivity contribution in [2.75, 3.05) is 33.7 Å². The molecule has 0 bridgehead atoms. The molecule has 2 rings (SSSR count). The molecular weight excluding hydrogens is 236 g/mol. The Bertz CT molecular complexity index is 378. The van der Waals surface area contributed by atoms with Crippen LogP contribution in [0.15, 0.2) is 18.2 Å². The molecule has 1 heterocycles. The second kappa shape index (κ2) is 5.71. The molecule has 0 aromatic heterocycles. The van der Waals surface area contributed by atoms with Crippen LogP contribution in [-0.2, 0) is 6.42 Å². The number of hydrogen-bond acceptors (Lipinski definition) is 3. The van der Waals surface area contributed by atoms with Crippen LogP contribution >= 0.6 is 11.6 Å². The summed E-state index contributed by atoms with van der Waals surface area (Å²) >= 11 is 6.21. The van der Waals surface area contributed by atoms with Crippen molar-refractivity contribution in [3.63, 3.8) is 0 Å². The summed E-state index contributed by atoms with van der Waals surface area (Å²) in [6.07, 6.45) is 1.28. The van der Waals surface area contributed by atoms with Crippen LogP contribution < -0.4 is 10.1 Å². The van der Waals surface area contributed by atoms with Crippen molar-refractivity contribution in [2.45, 2.75) is 12.5 Å². The van der Waals surface area contributed by atoms with Crippen molar-refractivity contribution in [1.29, 1.82) is 0 Å². The first kappa shape index (κ1) is 12.7. The number of hydrogen-bond donors (Lipinski definition) is 1. The molecule has 1 saturated heterocycles. The van der Waals surface area contributed by atoms with E-state index in [4.69, 9.17) is 16.3 Å². The van der Waals surface area contributed by atoms with Crippen molar-refractivity contribution in [1.82, 2.24) is 10.2 Å². The lowest BCUT2D eigenvalue weighted by atomic mass is 10.1. The van der Waals surface area contributed by atoms with E-state index in [0.717, 1.165) is 31.8 Å². The lowest BCUT2D eigenvalue weighted by Gasteiger charge is -2.36. The Labute approximate surface area is 108 Å². The van der Waals surface area contributed by atoms with E-state index in [-0.39, 0.29) is 0 Å². The van der Waals surface area contributed by atoms with Gasteiger partial charge in [-0.3, -0.25) is 4.90 Å². The Morgan fingerprint density at radius 2 is 2.24 bits per heavy atom. The second-order valence-corrected chi connectivity index (χ2v) is 4.99. The third kappa shape index (κ3) is 3.35. The summed E-state index contributed by atoms with van der Waals surface area (Å²) < 4.78 is 5.82. The molecule has 0 unspecified atom stereocenters. The van der Waals surface area contributed by atoms with Crippen molar-refractivity contribution < 1.29 is 4.74 Å². The largest absolute Gasteiger partial charge is 0.486 e. The maximum atomic E-state index is 6.21. The fraction of sp³-hybridized carbons (Fsp3) is 0.538. The summed E-state index contributed by atoms with van der Waals surface area (Å²) in [5.74, 6) is 0.804. The number of benzene rings is 1. The van der Waals surface area contributed by atoms with Gasteiger partial charge in [0.1, 0.15) is 11.9 Å². The first-order valence-electron chi connectivity index (χ1n) is 5.97. The van der Waals surface area contributed by atoms with Crippen LogP contribution in [-0.4, -0.2) is 44.7 Å². The molecule has 1 aromatic carbocycles. The van der Waals surface area contributed by atoms with Crippen LogP contribution in [0.2, 0.25) is 5.02 Å². The minimum absolute atomic E-state index is 0.292. The highest BCUT2D eigenvalue weighted by atomic mass is 35.5. The number of likely N-dealkylation sites (N-methyl/N-ethyl adjacent to an activating group) is 2. The molecule has 0 atom stereocenters. The first-order valence-corrected chi connectivity index (χ1v) is 6.35. The predicted octanol–water partition coefficient (Wildman–Crippen LogP) is 1.79. The molecule has 1 aliphatic rings. The first-order chi connectivity index (χ1) is 8.19. The van der Waals surface area contributed by atoms with E-state index in [2.05, 4.69) is 23.3 Å². The van der Waals surface area contributed by atoms with Crippen LogP contribution in [0.3, 0.4) is 0 Å². The number of nitrogens with zero attached hydrogens (tertiary/aromatic N) is 1. The van der Waals surface area contributed by atoms with Gasteiger partial charge in [-0.2, -0.15) is 0 Å². The molecule has 1 aliphatic heterocycles. The molecular formula is C13H19ClN2O. The topological polar surface area (TPSA) is 24.5 Å². The lowest BCUT2D eigenvalue weighted by Crippen LogP contribution is -2.51. The minimum atomic E-state index is 0.292. The number of rotatable bonds is 5. The zero-order valence-electron chi connectivity index (χ0n) is 10.4. The van der Waals surface area contributed by atoms with Gasteiger partial charge in [0.05, 0.1) is 5.02 Å². The maximum Gasteiger partial charge on any atom is 0.138 e. The molecule has 0 aliphatic carbocycles. The predicted molar refractivity (Wildman–Crippen MR) is 71.0 cm³/mol. The molecule has 1 fully saturated rings. The average Bonchev–Trinajstić information content (AvgIpc) is 2.27. The minimum Gasteiger partial charge on any atom is -0.486 e. The van der Waals surface area contributed by atoms with Gasteiger partial charge in [0.25, 0.3) is 0 Å². The summed E-state index contributed by atoms with van der Waals surface area (Å²) in [7, 11) is 4.04. The molecule has 0 amide bonds. The molecule has 0 radical (unpaired) electrons. The number of nitrogens with one attached hydrogen (secondary N) is 1. The van der Waals surface area contributed by atoms with Gasteiger partial charge >= 0.3 is 0 Å². The van der Waals surface area contributed by atoms with Gasteiger partial charge in [0.15, 0.2) is 0 Å². The zero-order chi connectivity index (χ0) is 12.3. The summed E-state index contributed by atoms with van der Waals surface area (Å²) in [4.78, 5) is 2.22. The van der Waals surface area contributed by atoms with E-state index in [0.29, 0.717) is 11.1 Å². The van der Waals surface area contributed by atoms with Gasteiger partial charge in [-0.05, 0) is 44.8 Å². The van der Waals surface area contributed by atoms with Gasteiger partial charge in [-0.15, -0.1) is 0 Å². The van der Waals surface area contributed by atoms with Crippen LogP contribution in [0.25, 0.3) is 0 Å². The lowest BCUT2D eigenvalue weighted by molar-refractivity contribution is 0.0389. The van der Waals surface area contributed by atoms with Crippen molar-refractivity contribution >= 4 is 11.6 Å². The van der Waals surface area contributed by atoms with E-state index in [1.165, 1.54) is 5.56 Å². The standard InChI is InChI=1S/C13H19ClN2O/c1-15-6-5-10-3-4-13(12(14)7-10)17-11-8-16(2)9-11/h3-4,7,11,15H,5-6,8-9H2,1-2H3. The molecule has 0 saturated carbocycles. The third-order valence-electron chi connectivity index (χ3n) is 2.98. The molecule has 0 spiro atoms. The monoisotopic (exact) mass is 254 g/mol. The highest BCUT2D eigenvalue weighted by Gasteiger charge is 2.25. The van der Waals surface area contributed by atoms with Gasteiger partial charge in [0.2, 0.25) is 0 Å². The van der Waals surface area contributed by atoms with E-state index >= 15 is 0 Å². The van der Waals surface area contributed by atoms with Crippen LogP contribution in [0.4, 0.5) is 0 Å². The number of ether oxygens (including phenoxy) is 1. The fourth-order valence-electron chi connectivity index (χ4n) is 1.96. The van der Waals surface area contributed by atoms with Gasteiger partial charge in [-0.1, -0.05) is 17.7 Å². The summed E-state index contributed by atoms with van der Waals surface area (Å²) in [5, 5.41) is 3.84. The SMILES string of the molecule is CNCCc1ccc(OC2CN(C)C2)c(Cl)c1. The third-order valence-corrected chi connectivity index (χ3v) is 3.28. The average molecular weight is 255 g/mol. The highest BCUT2D eigenvalue weighted by molar-refractivity contribution is 6.32. The Morgan fingerprint density at radius 3 is 2.82 bits per heavy atom. The summed E-state index contributed by atoms with van der Waals surface area (Å²) in [5.41, 5.74) is 1.24. The zero-order valence-corrected chi connectivity index (χ0v) is 11.1. The smallest absolute Gasteiger partial charge is 0.138 e. The van der Waals surface area contributed by atoms with Gasteiger partial charge < -0.3 is 10.1 Å². The molecule has 3 nitrogen and oxygen atoms in total. The van der Waals surface area contributed by atoms with Crippen LogP contribution in [0.1, 0.15) is 5.56 Å². The Balaban J connectivity index is 1.94. The van der Waals surface area contributed by atoms with E-state index in [1.807, 2.05) is 19.2 Å². The van der Waals surface area contributed by atoms with Crippen LogP contribution in [0.5, 0.6) is 5.75 Å². The van der Waals surface area contributed by atoms with Gasteiger partial charge in [-0.25, -0.2) is 0 Å². The molecule has 1 N–H and O–H groups in total. The van der Waals surface area contributed by atoms with E-state index in [9.17, 15) is 0 Å². The molecule has 4 heteroatoms.